The zero-order valence-corrected chi connectivity index (χ0v) is 11.4. The zero-order chi connectivity index (χ0) is 14.0. The molecule has 106 valence electrons. The summed E-state index contributed by atoms with van der Waals surface area (Å²) < 4.78 is 27.4. The summed E-state index contributed by atoms with van der Waals surface area (Å²) in [5.41, 5.74) is 2.56. The Balaban J connectivity index is 2.35. The number of nitrogens with two attached hydrogens (primary N) is 1. The molecule has 0 radical (unpaired) electrons. The topological polar surface area (TPSA) is 41.3 Å². The van der Waals surface area contributed by atoms with Gasteiger partial charge in [0.2, 0.25) is 0 Å². The maximum atomic E-state index is 14.0. The lowest BCUT2D eigenvalue weighted by Crippen LogP contribution is -2.53. The molecule has 1 aliphatic rings. The highest BCUT2D eigenvalue weighted by atomic mass is 19.2. The molecule has 3 N–H and O–H groups in total. The molecule has 0 aromatic heterocycles. The first-order valence-corrected chi connectivity index (χ1v) is 6.63. The van der Waals surface area contributed by atoms with Crippen molar-refractivity contribution in [3.63, 3.8) is 0 Å². The van der Waals surface area contributed by atoms with E-state index in [2.05, 4.69) is 10.3 Å². The molecule has 0 aliphatic carbocycles. The minimum Gasteiger partial charge on any atom is -0.296 e. The van der Waals surface area contributed by atoms with Gasteiger partial charge in [-0.25, -0.2) is 8.78 Å². The molecule has 1 heterocycles. The van der Waals surface area contributed by atoms with Gasteiger partial charge in [-0.2, -0.15) is 0 Å². The lowest BCUT2D eigenvalue weighted by atomic mass is 9.87. The van der Waals surface area contributed by atoms with E-state index in [9.17, 15) is 8.78 Å². The molecule has 0 saturated carbocycles. The molecule has 1 aromatic rings. The third kappa shape index (κ3) is 2.63. The lowest BCUT2D eigenvalue weighted by Gasteiger charge is -2.42. The van der Waals surface area contributed by atoms with E-state index < -0.39 is 17.7 Å². The van der Waals surface area contributed by atoms with E-state index in [0.717, 1.165) is 32.0 Å². The van der Waals surface area contributed by atoms with E-state index >= 15 is 0 Å². The van der Waals surface area contributed by atoms with Gasteiger partial charge in [-0.1, -0.05) is 12.1 Å². The average molecular weight is 269 g/mol. The maximum absolute atomic E-state index is 14.0. The quantitative estimate of drug-likeness (QED) is 0.651. The maximum Gasteiger partial charge on any atom is 0.163 e. The number of hydrogen-bond acceptors (Lipinski definition) is 3. The van der Waals surface area contributed by atoms with Crippen molar-refractivity contribution in [1.82, 2.24) is 10.3 Å². The van der Waals surface area contributed by atoms with Crippen LogP contribution in [0.4, 0.5) is 8.78 Å². The molecule has 19 heavy (non-hydrogen) atoms. The average Bonchev–Trinajstić information content (AvgIpc) is 2.89. The summed E-state index contributed by atoms with van der Waals surface area (Å²) in [4.78, 5) is 2.27. The first-order chi connectivity index (χ1) is 8.98. The van der Waals surface area contributed by atoms with E-state index in [0.29, 0.717) is 0 Å². The summed E-state index contributed by atoms with van der Waals surface area (Å²) in [6.45, 7) is 5.94. The predicted molar refractivity (Wildman–Crippen MR) is 71.3 cm³/mol. The molecular formula is C14H21F2N3. The Bertz CT molecular complexity index is 442. The summed E-state index contributed by atoms with van der Waals surface area (Å²) in [5.74, 6) is 3.95. The highest BCUT2D eigenvalue weighted by Crippen LogP contribution is 2.34. The van der Waals surface area contributed by atoms with E-state index in [1.807, 2.05) is 13.8 Å². The van der Waals surface area contributed by atoms with Gasteiger partial charge in [0, 0.05) is 11.1 Å². The number of likely N-dealkylation sites (tertiary alicyclic amines) is 1. The standard InChI is InChI=1S/C14H21F2N3/c1-14(2,19-8-3-4-9-19)13(18-17)10-6-5-7-11(15)12(10)16/h5-7,13,18H,3-4,8-9,17H2,1-2H3. The lowest BCUT2D eigenvalue weighted by molar-refractivity contribution is 0.105. The summed E-state index contributed by atoms with van der Waals surface area (Å²) in [6.07, 6.45) is 2.26. The Kier molecular flexibility index (Phi) is 4.18. The van der Waals surface area contributed by atoms with Crippen LogP contribution >= 0.6 is 0 Å². The highest BCUT2D eigenvalue weighted by Gasteiger charge is 2.38. The Labute approximate surface area is 112 Å². The van der Waals surface area contributed by atoms with Crippen molar-refractivity contribution < 1.29 is 8.78 Å². The van der Waals surface area contributed by atoms with Crippen molar-refractivity contribution in [2.45, 2.75) is 38.3 Å². The van der Waals surface area contributed by atoms with Crippen LogP contribution in [-0.4, -0.2) is 23.5 Å². The van der Waals surface area contributed by atoms with E-state index in [-0.39, 0.29) is 11.1 Å². The molecular weight excluding hydrogens is 248 g/mol. The number of hydrogen-bond donors (Lipinski definition) is 2. The van der Waals surface area contributed by atoms with Crippen LogP contribution in [0.25, 0.3) is 0 Å². The summed E-state index contributed by atoms with van der Waals surface area (Å²) >= 11 is 0. The Morgan fingerprint density at radius 1 is 1.26 bits per heavy atom. The fourth-order valence-electron chi connectivity index (χ4n) is 2.89. The Hall–Kier alpha value is -1.04. The van der Waals surface area contributed by atoms with Gasteiger partial charge in [0.05, 0.1) is 6.04 Å². The highest BCUT2D eigenvalue weighted by molar-refractivity contribution is 5.25. The van der Waals surface area contributed by atoms with Gasteiger partial charge < -0.3 is 0 Å². The fraction of sp³-hybridized carbons (Fsp3) is 0.571. The van der Waals surface area contributed by atoms with Gasteiger partial charge in [-0.3, -0.25) is 16.2 Å². The molecule has 1 saturated heterocycles. The zero-order valence-electron chi connectivity index (χ0n) is 11.4. The van der Waals surface area contributed by atoms with E-state index in [4.69, 9.17) is 5.84 Å². The van der Waals surface area contributed by atoms with Crippen molar-refractivity contribution >= 4 is 0 Å². The van der Waals surface area contributed by atoms with Crippen molar-refractivity contribution in [2.24, 2.45) is 5.84 Å². The van der Waals surface area contributed by atoms with Crippen LogP contribution in [0.1, 0.15) is 38.3 Å². The van der Waals surface area contributed by atoms with E-state index in [1.54, 1.807) is 6.07 Å². The molecule has 3 nitrogen and oxygen atoms in total. The first-order valence-electron chi connectivity index (χ1n) is 6.63. The number of hydrazine groups is 1. The van der Waals surface area contributed by atoms with Crippen LogP contribution in [0.3, 0.4) is 0 Å². The van der Waals surface area contributed by atoms with Crippen molar-refractivity contribution in [1.29, 1.82) is 0 Å². The molecule has 1 fully saturated rings. The molecule has 2 rings (SSSR count). The van der Waals surface area contributed by atoms with Gasteiger partial charge in [0.25, 0.3) is 0 Å². The summed E-state index contributed by atoms with van der Waals surface area (Å²) in [7, 11) is 0. The number of halogens is 2. The summed E-state index contributed by atoms with van der Waals surface area (Å²) in [6, 6.07) is 3.76. The van der Waals surface area contributed by atoms with Crippen LogP contribution in [0.15, 0.2) is 18.2 Å². The van der Waals surface area contributed by atoms with Gasteiger partial charge in [-0.05, 0) is 45.8 Å². The second-order valence-electron chi connectivity index (χ2n) is 5.59. The van der Waals surface area contributed by atoms with Crippen LogP contribution in [0.2, 0.25) is 0 Å². The van der Waals surface area contributed by atoms with Gasteiger partial charge >= 0.3 is 0 Å². The van der Waals surface area contributed by atoms with Gasteiger partial charge in [-0.15, -0.1) is 0 Å². The molecule has 1 atom stereocenters. The van der Waals surface area contributed by atoms with Crippen LogP contribution in [0, 0.1) is 11.6 Å². The number of rotatable bonds is 4. The second-order valence-corrected chi connectivity index (χ2v) is 5.59. The number of benzene rings is 1. The number of nitrogens with zero attached hydrogens (tertiary/aromatic N) is 1. The van der Waals surface area contributed by atoms with Crippen molar-refractivity contribution in [3.05, 3.63) is 35.4 Å². The van der Waals surface area contributed by atoms with E-state index in [1.165, 1.54) is 6.07 Å². The molecule has 0 spiro atoms. The van der Waals surface area contributed by atoms with Crippen LogP contribution in [0.5, 0.6) is 0 Å². The molecule has 1 unspecified atom stereocenters. The molecule has 1 aromatic carbocycles. The van der Waals surface area contributed by atoms with Crippen molar-refractivity contribution in [2.75, 3.05) is 13.1 Å². The monoisotopic (exact) mass is 269 g/mol. The third-order valence-corrected chi connectivity index (χ3v) is 4.09. The predicted octanol–water partition coefficient (Wildman–Crippen LogP) is 2.34. The Morgan fingerprint density at radius 3 is 2.47 bits per heavy atom. The molecule has 0 bridgehead atoms. The minimum absolute atomic E-state index is 0.277. The summed E-state index contributed by atoms with van der Waals surface area (Å²) in [5, 5.41) is 0. The molecule has 5 heteroatoms. The van der Waals surface area contributed by atoms with Crippen molar-refractivity contribution in [3.8, 4) is 0 Å². The largest absolute Gasteiger partial charge is 0.296 e. The van der Waals surface area contributed by atoms with Crippen LogP contribution < -0.4 is 11.3 Å². The molecule has 1 aliphatic heterocycles. The van der Waals surface area contributed by atoms with Gasteiger partial charge in [0.1, 0.15) is 0 Å². The fourth-order valence-corrected chi connectivity index (χ4v) is 2.89. The number of nitrogens with one attached hydrogen (secondary N) is 1. The minimum atomic E-state index is -0.838. The molecule has 0 amide bonds. The van der Waals surface area contributed by atoms with Crippen LogP contribution in [-0.2, 0) is 0 Å². The normalized spacial score (nSPS) is 18.8. The SMILES string of the molecule is CC(C)(C(NN)c1cccc(F)c1F)N1CCCC1. The smallest absolute Gasteiger partial charge is 0.163 e. The third-order valence-electron chi connectivity index (χ3n) is 4.09. The first kappa shape index (κ1) is 14.4. The Morgan fingerprint density at radius 2 is 1.89 bits per heavy atom. The second kappa shape index (κ2) is 5.53. The van der Waals surface area contributed by atoms with Gasteiger partial charge in [0.15, 0.2) is 11.6 Å².